The largest absolute Gasteiger partial charge is 0.507 e. The summed E-state index contributed by atoms with van der Waals surface area (Å²) in [6.07, 6.45) is 1.97. The number of phenols is 2. The zero-order valence-corrected chi connectivity index (χ0v) is 13.4. The lowest BCUT2D eigenvalue weighted by atomic mass is 9.83. The molecule has 23 heavy (non-hydrogen) atoms. The Bertz CT molecular complexity index is 811. The van der Waals surface area contributed by atoms with Crippen molar-refractivity contribution in [3.8, 4) is 11.5 Å². The maximum absolute atomic E-state index is 12.7. The lowest BCUT2D eigenvalue weighted by Crippen LogP contribution is -2.21. The van der Waals surface area contributed by atoms with E-state index in [9.17, 15) is 19.8 Å². The van der Waals surface area contributed by atoms with Gasteiger partial charge in [0.2, 0.25) is 0 Å². The van der Waals surface area contributed by atoms with Gasteiger partial charge in [-0.2, -0.15) is 0 Å². The van der Waals surface area contributed by atoms with Crippen LogP contribution in [0.4, 0.5) is 0 Å². The van der Waals surface area contributed by atoms with Gasteiger partial charge < -0.3 is 10.2 Å². The third-order valence-corrected chi connectivity index (χ3v) is 4.99. The predicted octanol–water partition coefficient (Wildman–Crippen LogP) is 3.77. The Balaban J connectivity index is 2.15. The molecule has 2 aromatic rings. The molecule has 118 valence electrons. The molecule has 0 unspecified atom stereocenters. The monoisotopic (exact) mass is 328 g/mol. The summed E-state index contributed by atoms with van der Waals surface area (Å²) in [5, 5.41) is 20.7. The summed E-state index contributed by atoms with van der Waals surface area (Å²) < 4.78 is 0. The van der Waals surface area contributed by atoms with Crippen molar-refractivity contribution in [3.63, 3.8) is 0 Å². The molecule has 0 radical (unpaired) electrons. The lowest BCUT2D eigenvalue weighted by molar-refractivity contribution is 0.0973. The van der Waals surface area contributed by atoms with Gasteiger partial charge in [0.1, 0.15) is 11.5 Å². The average Bonchev–Trinajstić information content (AvgIpc) is 2.55. The van der Waals surface area contributed by atoms with Crippen LogP contribution in [0.15, 0.2) is 35.2 Å². The molecular formula is C18H16O4S. The highest BCUT2D eigenvalue weighted by Gasteiger charge is 2.35. The molecule has 2 N–H and O–H groups in total. The minimum Gasteiger partial charge on any atom is -0.507 e. The van der Waals surface area contributed by atoms with Crippen molar-refractivity contribution in [2.75, 3.05) is 5.75 Å². The average molecular weight is 328 g/mol. The van der Waals surface area contributed by atoms with Crippen molar-refractivity contribution in [1.29, 1.82) is 0 Å². The van der Waals surface area contributed by atoms with Gasteiger partial charge in [-0.15, -0.1) is 11.8 Å². The number of hydrogen-bond donors (Lipinski definition) is 2. The fraction of sp³-hybridized carbons (Fsp3) is 0.222. The van der Waals surface area contributed by atoms with Crippen molar-refractivity contribution in [3.05, 3.63) is 52.6 Å². The van der Waals surface area contributed by atoms with Crippen molar-refractivity contribution in [1.82, 2.24) is 0 Å². The third-order valence-electron chi connectivity index (χ3n) is 3.87. The summed E-state index contributed by atoms with van der Waals surface area (Å²) in [6.45, 7) is 2.06. The third kappa shape index (κ3) is 2.51. The fourth-order valence-corrected chi connectivity index (χ4v) is 3.76. The van der Waals surface area contributed by atoms with Gasteiger partial charge in [-0.3, -0.25) is 9.59 Å². The summed E-state index contributed by atoms with van der Waals surface area (Å²) in [5.74, 6) is -0.577. The first-order chi connectivity index (χ1) is 11.1. The lowest BCUT2D eigenvalue weighted by Gasteiger charge is -2.20. The van der Waals surface area contributed by atoms with E-state index >= 15 is 0 Å². The number of carbonyl (C=O) groups is 2. The van der Waals surface area contributed by atoms with Crippen LogP contribution in [0.1, 0.15) is 51.6 Å². The van der Waals surface area contributed by atoms with E-state index in [0.717, 1.165) is 18.6 Å². The van der Waals surface area contributed by atoms with Gasteiger partial charge in [0.05, 0.1) is 16.0 Å². The van der Waals surface area contributed by atoms with Crippen LogP contribution in [0.5, 0.6) is 11.5 Å². The van der Waals surface area contributed by atoms with Crippen molar-refractivity contribution >= 4 is 23.3 Å². The number of ketones is 2. The molecule has 1 aliphatic rings. The number of rotatable bonds is 4. The minimum absolute atomic E-state index is 0.0901. The number of benzene rings is 2. The SMILES string of the molecule is CCCCSc1cc(O)c2c(c1O)C(=O)c1ccccc1C2=O. The van der Waals surface area contributed by atoms with Crippen LogP contribution >= 0.6 is 11.8 Å². The van der Waals surface area contributed by atoms with E-state index in [1.165, 1.54) is 17.8 Å². The van der Waals surface area contributed by atoms with E-state index in [2.05, 4.69) is 6.92 Å². The molecule has 0 aliphatic heterocycles. The van der Waals surface area contributed by atoms with Crippen LogP contribution in [0, 0.1) is 0 Å². The van der Waals surface area contributed by atoms with Crippen molar-refractivity contribution in [2.45, 2.75) is 24.7 Å². The molecule has 0 bridgehead atoms. The Hall–Kier alpha value is -2.27. The number of unbranched alkanes of at least 4 members (excludes halogenated alkanes) is 1. The van der Waals surface area contributed by atoms with Crippen molar-refractivity contribution < 1.29 is 19.8 Å². The van der Waals surface area contributed by atoms with Gasteiger partial charge in [0.15, 0.2) is 11.6 Å². The van der Waals surface area contributed by atoms with E-state index in [0.29, 0.717) is 4.90 Å². The Morgan fingerprint density at radius 2 is 1.61 bits per heavy atom. The van der Waals surface area contributed by atoms with Gasteiger partial charge in [-0.1, -0.05) is 37.6 Å². The van der Waals surface area contributed by atoms with E-state index in [1.54, 1.807) is 24.3 Å². The number of fused-ring (bicyclic) bond motifs is 2. The van der Waals surface area contributed by atoms with Gasteiger partial charge in [0, 0.05) is 11.1 Å². The van der Waals surface area contributed by atoms with E-state index in [-0.39, 0.29) is 33.8 Å². The Morgan fingerprint density at radius 3 is 2.22 bits per heavy atom. The second-order valence-corrected chi connectivity index (χ2v) is 6.54. The highest BCUT2D eigenvalue weighted by molar-refractivity contribution is 7.99. The van der Waals surface area contributed by atoms with Crippen LogP contribution < -0.4 is 0 Å². The Kier molecular flexibility index (Phi) is 4.13. The number of aromatic hydroxyl groups is 2. The van der Waals surface area contributed by atoms with E-state index in [4.69, 9.17) is 0 Å². The molecule has 0 amide bonds. The summed E-state index contributed by atoms with van der Waals surface area (Å²) in [5.41, 5.74) is 0.320. The molecule has 0 spiro atoms. The Labute approximate surface area is 138 Å². The maximum atomic E-state index is 12.7. The highest BCUT2D eigenvalue weighted by Crippen LogP contribution is 2.43. The van der Waals surface area contributed by atoms with Crippen molar-refractivity contribution in [2.24, 2.45) is 0 Å². The number of hydrogen-bond acceptors (Lipinski definition) is 5. The molecule has 3 rings (SSSR count). The normalized spacial score (nSPS) is 12.9. The standard InChI is InChI=1S/C18H16O4S/c1-2-3-8-23-13-9-12(19)14-15(18(13)22)17(21)11-7-5-4-6-10(11)16(14)20/h4-7,9,19,22H,2-3,8H2,1H3. The van der Waals surface area contributed by atoms with Crippen LogP contribution in [0.3, 0.4) is 0 Å². The van der Waals surface area contributed by atoms with Gasteiger partial charge in [-0.25, -0.2) is 0 Å². The first-order valence-electron chi connectivity index (χ1n) is 7.46. The van der Waals surface area contributed by atoms with Crippen LogP contribution in [-0.4, -0.2) is 27.5 Å². The molecule has 1 aliphatic carbocycles. The molecular weight excluding hydrogens is 312 g/mol. The summed E-state index contributed by atoms with van der Waals surface area (Å²) in [4.78, 5) is 25.7. The molecule has 0 atom stereocenters. The second-order valence-electron chi connectivity index (χ2n) is 5.40. The molecule has 0 saturated carbocycles. The quantitative estimate of drug-likeness (QED) is 0.433. The van der Waals surface area contributed by atoms with Crippen LogP contribution in [-0.2, 0) is 0 Å². The smallest absolute Gasteiger partial charge is 0.198 e. The predicted molar refractivity (Wildman–Crippen MR) is 88.7 cm³/mol. The summed E-state index contributed by atoms with van der Waals surface area (Å²) in [7, 11) is 0. The van der Waals surface area contributed by atoms with Crippen LogP contribution in [0.25, 0.3) is 0 Å². The molecule has 2 aromatic carbocycles. The fourth-order valence-electron chi connectivity index (χ4n) is 2.67. The molecule has 0 fully saturated rings. The number of thioether (sulfide) groups is 1. The summed E-state index contributed by atoms with van der Waals surface area (Å²) >= 11 is 1.37. The van der Waals surface area contributed by atoms with Gasteiger partial charge >= 0.3 is 0 Å². The first-order valence-corrected chi connectivity index (χ1v) is 8.45. The zero-order valence-electron chi connectivity index (χ0n) is 12.6. The van der Waals surface area contributed by atoms with E-state index < -0.39 is 11.6 Å². The first kappa shape index (κ1) is 15.6. The molecule has 4 nitrogen and oxygen atoms in total. The van der Waals surface area contributed by atoms with Gasteiger partial charge in [-0.05, 0) is 18.2 Å². The Morgan fingerprint density at radius 1 is 1.00 bits per heavy atom. The number of carbonyl (C=O) groups excluding carboxylic acids is 2. The maximum Gasteiger partial charge on any atom is 0.198 e. The van der Waals surface area contributed by atoms with Gasteiger partial charge in [0.25, 0.3) is 0 Å². The summed E-state index contributed by atoms with van der Waals surface area (Å²) in [6, 6.07) is 7.82. The minimum atomic E-state index is -0.437. The molecule has 0 heterocycles. The second kappa shape index (κ2) is 6.08. The molecule has 5 heteroatoms. The number of phenolic OH excluding ortho intramolecular Hbond substituents is 2. The molecule has 0 saturated heterocycles. The van der Waals surface area contributed by atoms with E-state index in [1.807, 2.05) is 0 Å². The zero-order chi connectivity index (χ0) is 16.6. The topological polar surface area (TPSA) is 74.6 Å². The molecule has 0 aromatic heterocycles. The highest BCUT2D eigenvalue weighted by atomic mass is 32.2. The van der Waals surface area contributed by atoms with Crippen LogP contribution in [0.2, 0.25) is 0 Å².